The Hall–Kier alpha value is -2.62. The molecule has 0 aliphatic heterocycles. The van der Waals surface area contributed by atoms with Crippen molar-refractivity contribution in [3.8, 4) is 5.75 Å². The Balaban J connectivity index is 2.05. The van der Waals surface area contributed by atoms with Gasteiger partial charge in [-0.1, -0.05) is 30.3 Å². The molecule has 0 aromatic heterocycles. The van der Waals surface area contributed by atoms with Gasteiger partial charge in [0, 0.05) is 11.6 Å². The Kier molecular flexibility index (Phi) is 4.50. The molecule has 0 saturated carbocycles. The Bertz CT molecular complexity index is 635. The van der Waals surface area contributed by atoms with Gasteiger partial charge in [0.25, 0.3) is 0 Å². The van der Waals surface area contributed by atoms with Crippen molar-refractivity contribution >= 4 is 12.0 Å². The average Bonchev–Trinajstić information content (AvgIpc) is 2.45. The normalized spacial score (nSPS) is 10.7. The molecule has 0 unspecified atom stereocenters. The second kappa shape index (κ2) is 6.52. The number of benzene rings is 2. The lowest BCUT2D eigenvalue weighted by Crippen LogP contribution is -1.98. The number of carbonyl (C=O) groups is 1. The van der Waals surface area contributed by atoms with Gasteiger partial charge in [0.2, 0.25) is 0 Å². The van der Waals surface area contributed by atoms with Gasteiger partial charge in [-0.05, 0) is 29.8 Å². The molecule has 20 heavy (non-hydrogen) atoms. The summed E-state index contributed by atoms with van der Waals surface area (Å²) in [5.41, 5.74) is 1.18. The van der Waals surface area contributed by atoms with E-state index in [2.05, 4.69) is 0 Å². The standard InChI is InChI=1S/C16H13FO3/c17-15-7-2-1-5-13(15)11-20-14-6-3-4-12(10-14)8-9-16(18)19/h1-10H,11H2,(H,18,19). The zero-order chi connectivity index (χ0) is 14.4. The maximum Gasteiger partial charge on any atom is 0.328 e. The highest BCUT2D eigenvalue weighted by Crippen LogP contribution is 2.17. The number of carboxylic acid groups (broad SMARTS) is 1. The fourth-order valence-electron chi connectivity index (χ4n) is 1.65. The molecule has 0 heterocycles. The molecule has 0 aliphatic carbocycles. The van der Waals surface area contributed by atoms with E-state index >= 15 is 0 Å². The predicted octanol–water partition coefficient (Wildman–Crippen LogP) is 3.50. The van der Waals surface area contributed by atoms with E-state index in [0.717, 1.165) is 6.08 Å². The predicted molar refractivity (Wildman–Crippen MR) is 73.8 cm³/mol. The number of aliphatic carboxylic acids is 1. The third-order valence-electron chi connectivity index (χ3n) is 2.63. The van der Waals surface area contributed by atoms with Crippen molar-refractivity contribution in [2.24, 2.45) is 0 Å². The largest absolute Gasteiger partial charge is 0.489 e. The molecule has 0 atom stereocenters. The van der Waals surface area contributed by atoms with Crippen LogP contribution in [0.5, 0.6) is 5.75 Å². The maximum atomic E-state index is 13.4. The zero-order valence-electron chi connectivity index (χ0n) is 10.6. The van der Waals surface area contributed by atoms with Crippen molar-refractivity contribution in [2.75, 3.05) is 0 Å². The molecular weight excluding hydrogens is 259 g/mol. The van der Waals surface area contributed by atoms with Crippen molar-refractivity contribution < 1.29 is 19.0 Å². The molecule has 0 amide bonds. The number of rotatable bonds is 5. The first-order chi connectivity index (χ1) is 9.65. The van der Waals surface area contributed by atoms with Crippen LogP contribution in [0.25, 0.3) is 6.08 Å². The second-order valence-corrected chi connectivity index (χ2v) is 4.12. The quantitative estimate of drug-likeness (QED) is 0.847. The number of ether oxygens (including phenoxy) is 1. The van der Waals surface area contributed by atoms with Crippen molar-refractivity contribution in [1.29, 1.82) is 0 Å². The minimum absolute atomic E-state index is 0.124. The minimum Gasteiger partial charge on any atom is -0.489 e. The summed E-state index contributed by atoms with van der Waals surface area (Å²) in [4.78, 5) is 10.4. The molecule has 102 valence electrons. The molecule has 0 bridgehead atoms. The van der Waals surface area contributed by atoms with Gasteiger partial charge >= 0.3 is 5.97 Å². The number of hydrogen-bond donors (Lipinski definition) is 1. The highest BCUT2D eigenvalue weighted by molar-refractivity contribution is 5.85. The van der Waals surface area contributed by atoms with E-state index in [9.17, 15) is 9.18 Å². The van der Waals surface area contributed by atoms with Crippen LogP contribution in [0.2, 0.25) is 0 Å². The summed E-state index contributed by atoms with van der Waals surface area (Å²) < 4.78 is 18.9. The average molecular weight is 272 g/mol. The van der Waals surface area contributed by atoms with Gasteiger partial charge in [-0.15, -0.1) is 0 Å². The van der Waals surface area contributed by atoms with E-state index in [1.165, 1.54) is 12.1 Å². The molecule has 1 N–H and O–H groups in total. The molecule has 4 heteroatoms. The van der Waals surface area contributed by atoms with Crippen LogP contribution in [0, 0.1) is 5.82 Å². The van der Waals surface area contributed by atoms with Gasteiger partial charge in [0.15, 0.2) is 0 Å². The third-order valence-corrected chi connectivity index (χ3v) is 2.63. The Labute approximate surface area is 115 Å². The van der Waals surface area contributed by atoms with Gasteiger partial charge in [0.05, 0.1) is 0 Å². The zero-order valence-corrected chi connectivity index (χ0v) is 10.6. The maximum absolute atomic E-state index is 13.4. The van der Waals surface area contributed by atoms with Crippen LogP contribution in [0.1, 0.15) is 11.1 Å². The van der Waals surface area contributed by atoms with Crippen molar-refractivity contribution in [3.05, 3.63) is 71.6 Å². The van der Waals surface area contributed by atoms with Crippen molar-refractivity contribution in [3.63, 3.8) is 0 Å². The van der Waals surface area contributed by atoms with Gasteiger partial charge in [-0.2, -0.15) is 0 Å². The van der Waals surface area contributed by atoms with Crippen LogP contribution in [-0.2, 0) is 11.4 Å². The Morgan fingerprint density at radius 1 is 1.20 bits per heavy atom. The summed E-state index contributed by atoms with van der Waals surface area (Å²) in [6.07, 6.45) is 2.52. The molecule has 0 saturated heterocycles. The Morgan fingerprint density at radius 3 is 2.75 bits per heavy atom. The topological polar surface area (TPSA) is 46.5 Å². The first-order valence-electron chi connectivity index (χ1n) is 6.02. The van der Waals surface area contributed by atoms with E-state index in [1.807, 2.05) is 0 Å². The lowest BCUT2D eigenvalue weighted by molar-refractivity contribution is -0.131. The lowest BCUT2D eigenvalue weighted by atomic mass is 10.2. The molecule has 3 nitrogen and oxygen atoms in total. The van der Waals surface area contributed by atoms with E-state index in [4.69, 9.17) is 9.84 Å². The monoisotopic (exact) mass is 272 g/mol. The first-order valence-corrected chi connectivity index (χ1v) is 6.02. The molecule has 2 rings (SSSR count). The van der Waals surface area contributed by atoms with E-state index < -0.39 is 5.97 Å². The molecular formula is C16H13FO3. The minimum atomic E-state index is -1.01. The van der Waals surface area contributed by atoms with Gasteiger partial charge in [-0.3, -0.25) is 0 Å². The van der Waals surface area contributed by atoms with Crippen LogP contribution in [0.3, 0.4) is 0 Å². The van der Waals surface area contributed by atoms with E-state index in [0.29, 0.717) is 16.9 Å². The summed E-state index contributed by atoms with van der Waals surface area (Å²) in [7, 11) is 0. The second-order valence-electron chi connectivity index (χ2n) is 4.12. The molecule has 0 spiro atoms. The molecule has 2 aromatic carbocycles. The number of halogens is 1. The van der Waals surface area contributed by atoms with Gasteiger partial charge in [0.1, 0.15) is 18.2 Å². The third kappa shape index (κ3) is 3.95. The summed E-state index contributed by atoms with van der Waals surface area (Å²) in [6.45, 7) is 0.124. The van der Waals surface area contributed by atoms with Gasteiger partial charge in [-0.25, -0.2) is 9.18 Å². The number of hydrogen-bond acceptors (Lipinski definition) is 2. The van der Waals surface area contributed by atoms with Crippen LogP contribution in [0.4, 0.5) is 4.39 Å². The summed E-state index contributed by atoms with van der Waals surface area (Å²) in [6, 6.07) is 13.3. The Morgan fingerprint density at radius 2 is 2.00 bits per heavy atom. The SMILES string of the molecule is O=C(O)C=Cc1cccc(OCc2ccccc2F)c1. The van der Waals surface area contributed by atoms with Gasteiger partial charge < -0.3 is 9.84 Å². The first kappa shape index (κ1) is 13.8. The van der Waals surface area contributed by atoms with Crippen LogP contribution in [0.15, 0.2) is 54.6 Å². The fourth-order valence-corrected chi connectivity index (χ4v) is 1.65. The molecule has 0 radical (unpaired) electrons. The van der Waals surface area contributed by atoms with E-state index in [1.54, 1.807) is 42.5 Å². The molecule has 0 aliphatic rings. The molecule has 2 aromatic rings. The summed E-state index contributed by atoms with van der Waals surface area (Å²) >= 11 is 0. The van der Waals surface area contributed by atoms with Crippen LogP contribution < -0.4 is 4.74 Å². The summed E-state index contributed by atoms with van der Waals surface area (Å²) in [5.74, 6) is -0.766. The summed E-state index contributed by atoms with van der Waals surface area (Å²) in [5, 5.41) is 8.57. The van der Waals surface area contributed by atoms with Crippen LogP contribution in [-0.4, -0.2) is 11.1 Å². The highest BCUT2D eigenvalue weighted by atomic mass is 19.1. The van der Waals surface area contributed by atoms with E-state index in [-0.39, 0.29) is 12.4 Å². The smallest absolute Gasteiger partial charge is 0.328 e. The lowest BCUT2D eigenvalue weighted by Gasteiger charge is -2.07. The molecule has 0 fully saturated rings. The van der Waals surface area contributed by atoms with Crippen molar-refractivity contribution in [1.82, 2.24) is 0 Å². The highest BCUT2D eigenvalue weighted by Gasteiger charge is 2.02. The number of carboxylic acids is 1. The van der Waals surface area contributed by atoms with Crippen LogP contribution >= 0.6 is 0 Å². The fraction of sp³-hybridized carbons (Fsp3) is 0.0625. The van der Waals surface area contributed by atoms with Crippen molar-refractivity contribution in [2.45, 2.75) is 6.61 Å².